The zero-order chi connectivity index (χ0) is 14.0. The molecule has 0 amide bonds. The van der Waals surface area contributed by atoms with Crippen molar-refractivity contribution in [1.82, 2.24) is 0 Å². The van der Waals surface area contributed by atoms with Gasteiger partial charge in [-0.1, -0.05) is 6.07 Å². The molecule has 0 spiro atoms. The highest BCUT2D eigenvalue weighted by Gasteiger charge is 2.43. The number of hydrogen-bond donors (Lipinski definition) is 1. The van der Waals surface area contributed by atoms with Crippen LogP contribution in [-0.4, -0.2) is 37.9 Å². The largest absolute Gasteiger partial charge is 0.493 e. The molecule has 0 radical (unpaired) electrons. The third-order valence-corrected chi connectivity index (χ3v) is 3.16. The molecule has 0 aliphatic carbocycles. The Kier molecular flexibility index (Phi) is 3.59. The Morgan fingerprint density at radius 2 is 2.00 bits per heavy atom. The Hall–Kier alpha value is -2.24. The van der Waals surface area contributed by atoms with Crippen LogP contribution < -0.4 is 9.47 Å². The molecule has 0 saturated carbocycles. The summed E-state index contributed by atoms with van der Waals surface area (Å²) in [5.74, 6) is -2.52. The van der Waals surface area contributed by atoms with Gasteiger partial charge in [-0.3, -0.25) is 9.59 Å². The first-order chi connectivity index (χ1) is 9.08. The molecule has 1 heterocycles. The third kappa shape index (κ3) is 2.33. The van der Waals surface area contributed by atoms with Crippen molar-refractivity contribution in [2.75, 3.05) is 20.8 Å². The molecule has 1 aromatic carbocycles. The van der Waals surface area contributed by atoms with Gasteiger partial charge in [0.15, 0.2) is 17.4 Å². The molecule has 2 rings (SSSR count). The van der Waals surface area contributed by atoms with Gasteiger partial charge in [0.2, 0.25) is 0 Å². The van der Waals surface area contributed by atoms with E-state index in [1.165, 1.54) is 14.2 Å². The Morgan fingerprint density at radius 3 is 2.58 bits per heavy atom. The van der Waals surface area contributed by atoms with Gasteiger partial charge in [-0.15, -0.1) is 0 Å². The summed E-state index contributed by atoms with van der Waals surface area (Å²) < 4.78 is 15.1. The molecule has 1 aliphatic heterocycles. The van der Waals surface area contributed by atoms with Crippen LogP contribution in [0.4, 0.5) is 0 Å². The van der Waals surface area contributed by atoms with Crippen LogP contribution in [0.3, 0.4) is 0 Å². The molecule has 0 bridgehead atoms. The van der Waals surface area contributed by atoms with Crippen LogP contribution in [0, 0.1) is 5.92 Å². The molecular weight excluding hydrogens is 252 g/mol. The van der Waals surface area contributed by atoms with E-state index in [1.54, 1.807) is 18.2 Å². The molecule has 1 aliphatic rings. The highest BCUT2D eigenvalue weighted by atomic mass is 16.5. The molecule has 2 unspecified atom stereocenters. The number of aliphatic carboxylic acids is 1. The van der Waals surface area contributed by atoms with Crippen LogP contribution in [0.5, 0.6) is 11.5 Å². The van der Waals surface area contributed by atoms with Crippen LogP contribution in [0.25, 0.3) is 0 Å². The molecular formula is C13H14O6. The Balaban J connectivity index is 2.36. The van der Waals surface area contributed by atoms with Crippen LogP contribution in [0.15, 0.2) is 18.2 Å². The fourth-order valence-corrected chi connectivity index (χ4v) is 2.17. The van der Waals surface area contributed by atoms with Crippen LogP contribution in [-0.2, 0) is 14.3 Å². The summed E-state index contributed by atoms with van der Waals surface area (Å²) in [6.07, 6.45) is 0. The summed E-state index contributed by atoms with van der Waals surface area (Å²) in [7, 11) is 3.01. The van der Waals surface area contributed by atoms with Crippen molar-refractivity contribution >= 4 is 11.9 Å². The summed E-state index contributed by atoms with van der Waals surface area (Å²) in [6.45, 7) is 0.0608. The number of hydrogen-bond acceptors (Lipinski definition) is 5. The Morgan fingerprint density at radius 1 is 1.32 bits per heavy atom. The van der Waals surface area contributed by atoms with Crippen LogP contribution in [0.1, 0.15) is 11.5 Å². The number of esters is 1. The quantitative estimate of drug-likeness (QED) is 0.648. The number of benzene rings is 1. The highest BCUT2D eigenvalue weighted by molar-refractivity contribution is 5.96. The third-order valence-electron chi connectivity index (χ3n) is 3.16. The van der Waals surface area contributed by atoms with E-state index in [2.05, 4.69) is 0 Å². The first-order valence-corrected chi connectivity index (χ1v) is 5.70. The van der Waals surface area contributed by atoms with Crippen molar-refractivity contribution < 1.29 is 28.9 Å². The van der Waals surface area contributed by atoms with Gasteiger partial charge in [-0.05, 0) is 17.7 Å². The number of carbonyl (C=O) groups excluding carboxylic acids is 1. The van der Waals surface area contributed by atoms with E-state index in [4.69, 9.17) is 19.3 Å². The lowest BCUT2D eigenvalue weighted by Gasteiger charge is -2.14. The zero-order valence-electron chi connectivity index (χ0n) is 10.6. The second kappa shape index (κ2) is 5.17. The second-order valence-electron chi connectivity index (χ2n) is 4.17. The van der Waals surface area contributed by atoms with Gasteiger partial charge in [0.25, 0.3) is 0 Å². The van der Waals surface area contributed by atoms with E-state index >= 15 is 0 Å². The summed E-state index contributed by atoms with van der Waals surface area (Å²) in [4.78, 5) is 22.5. The zero-order valence-corrected chi connectivity index (χ0v) is 10.6. The van der Waals surface area contributed by atoms with E-state index in [0.717, 1.165) is 0 Å². The van der Waals surface area contributed by atoms with Crippen molar-refractivity contribution in [2.45, 2.75) is 5.92 Å². The SMILES string of the molecule is COc1ccc(C2COC(=O)C2C(=O)O)cc1OC. The minimum atomic E-state index is -1.18. The molecule has 102 valence electrons. The number of rotatable bonds is 4. The maximum atomic E-state index is 11.4. The molecule has 19 heavy (non-hydrogen) atoms. The first-order valence-electron chi connectivity index (χ1n) is 5.70. The molecule has 1 fully saturated rings. The number of carbonyl (C=O) groups is 2. The summed E-state index contributed by atoms with van der Waals surface area (Å²) >= 11 is 0. The number of carboxylic acids is 1. The smallest absolute Gasteiger partial charge is 0.321 e. The molecule has 1 aromatic rings. The van der Waals surface area contributed by atoms with Crippen LogP contribution >= 0.6 is 0 Å². The lowest BCUT2D eigenvalue weighted by molar-refractivity contribution is -0.152. The minimum absolute atomic E-state index is 0.0608. The van der Waals surface area contributed by atoms with E-state index < -0.39 is 23.8 Å². The fraction of sp³-hybridized carbons (Fsp3) is 0.385. The number of ether oxygens (including phenoxy) is 3. The molecule has 0 aromatic heterocycles. The second-order valence-corrected chi connectivity index (χ2v) is 4.17. The number of cyclic esters (lactones) is 1. The monoisotopic (exact) mass is 266 g/mol. The molecule has 1 saturated heterocycles. The van der Waals surface area contributed by atoms with Crippen LogP contribution in [0.2, 0.25) is 0 Å². The average Bonchev–Trinajstić information content (AvgIpc) is 2.79. The van der Waals surface area contributed by atoms with Crippen molar-refractivity contribution in [3.05, 3.63) is 23.8 Å². The topological polar surface area (TPSA) is 82.1 Å². The molecule has 2 atom stereocenters. The highest BCUT2D eigenvalue weighted by Crippen LogP contribution is 2.36. The van der Waals surface area contributed by atoms with Gasteiger partial charge in [-0.2, -0.15) is 0 Å². The predicted molar refractivity (Wildman–Crippen MR) is 64.4 cm³/mol. The summed E-state index contributed by atoms with van der Waals surface area (Å²) in [6, 6.07) is 5.06. The fourth-order valence-electron chi connectivity index (χ4n) is 2.17. The van der Waals surface area contributed by atoms with E-state index in [0.29, 0.717) is 17.1 Å². The van der Waals surface area contributed by atoms with Gasteiger partial charge in [0, 0.05) is 5.92 Å². The molecule has 6 nitrogen and oxygen atoms in total. The van der Waals surface area contributed by atoms with Crippen molar-refractivity contribution in [3.63, 3.8) is 0 Å². The minimum Gasteiger partial charge on any atom is -0.493 e. The predicted octanol–water partition coefficient (Wildman–Crippen LogP) is 1.04. The van der Waals surface area contributed by atoms with Gasteiger partial charge < -0.3 is 19.3 Å². The first kappa shape index (κ1) is 13.2. The maximum absolute atomic E-state index is 11.4. The average molecular weight is 266 g/mol. The standard InChI is InChI=1S/C13H14O6/c1-17-9-4-3-7(5-10(9)18-2)8-6-19-13(16)11(8)12(14)15/h3-5,8,11H,6H2,1-2H3,(H,14,15). The van der Waals surface area contributed by atoms with Crippen molar-refractivity contribution in [1.29, 1.82) is 0 Å². The lowest BCUT2D eigenvalue weighted by atomic mass is 9.88. The summed E-state index contributed by atoms with van der Waals surface area (Å²) in [5.41, 5.74) is 0.677. The lowest BCUT2D eigenvalue weighted by Crippen LogP contribution is -2.24. The van der Waals surface area contributed by atoms with Gasteiger partial charge in [0.05, 0.1) is 20.8 Å². The van der Waals surface area contributed by atoms with Crippen molar-refractivity contribution in [2.24, 2.45) is 5.92 Å². The number of methoxy groups -OCH3 is 2. The van der Waals surface area contributed by atoms with Gasteiger partial charge >= 0.3 is 11.9 Å². The van der Waals surface area contributed by atoms with E-state index in [1.807, 2.05) is 0 Å². The molecule has 1 N–H and O–H groups in total. The van der Waals surface area contributed by atoms with Crippen molar-refractivity contribution in [3.8, 4) is 11.5 Å². The molecule has 6 heteroatoms. The summed E-state index contributed by atoms with van der Waals surface area (Å²) in [5, 5.41) is 9.09. The number of carboxylic acid groups (broad SMARTS) is 1. The Bertz CT molecular complexity index is 510. The van der Waals surface area contributed by atoms with E-state index in [9.17, 15) is 9.59 Å². The maximum Gasteiger partial charge on any atom is 0.321 e. The van der Waals surface area contributed by atoms with Gasteiger partial charge in [0.1, 0.15) is 0 Å². The van der Waals surface area contributed by atoms with Gasteiger partial charge in [-0.25, -0.2) is 0 Å². The van der Waals surface area contributed by atoms with E-state index in [-0.39, 0.29) is 6.61 Å². The normalized spacial score (nSPS) is 21.9. The Labute approximate surface area is 109 Å².